The predicted octanol–water partition coefficient (Wildman–Crippen LogP) is 2.68. The molecule has 0 amide bonds. The number of imidazole rings is 1. The van der Waals surface area contributed by atoms with Gasteiger partial charge in [0.05, 0.1) is 16.7 Å². The highest BCUT2D eigenvalue weighted by Gasteiger charge is 2.09. The molecule has 0 saturated heterocycles. The Morgan fingerprint density at radius 1 is 1.17 bits per heavy atom. The van der Waals surface area contributed by atoms with Crippen LogP contribution in [0.2, 0.25) is 5.02 Å². The minimum Gasteiger partial charge on any atom is -0.508 e. The quantitative estimate of drug-likeness (QED) is 0.707. The Morgan fingerprint density at radius 3 is 2.78 bits per heavy atom. The van der Waals surface area contributed by atoms with Crippen molar-refractivity contribution in [3.63, 3.8) is 0 Å². The maximum absolute atomic E-state index is 11.9. The van der Waals surface area contributed by atoms with Gasteiger partial charge in [-0.3, -0.25) is 4.57 Å². The molecule has 0 aliphatic carbocycles. The molecule has 0 atom stereocenters. The number of hydrogen-bond donors (Lipinski definition) is 2. The zero-order valence-electron chi connectivity index (χ0n) is 9.22. The summed E-state index contributed by atoms with van der Waals surface area (Å²) in [5, 5.41) is 10.0. The van der Waals surface area contributed by atoms with E-state index in [1.807, 2.05) is 0 Å². The first-order chi connectivity index (χ1) is 8.65. The maximum Gasteiger partial charge on any atom is 0.331 e. The van der Waals surface area contributed by atoms with E-state index < -0.39 is 0 Å². The molecule has 0 unspecified atom stereocenters. The van der Waals surface area contributed by atoms with Crippen molar-refractivity contribution in [3.8, 4) is 11.4 Å². The fourth-order valence-electron chi connectivity index (χ4n) is 1.97. The number of phenols is 1. The summed E-state index contributed by atoms with van der Waals surface area (Å²) >= 11 is 5.88. The Balaban J connectivity index is 2.35. The first-order valence-electron chi connectivity index (χ1n) is 5.35. The first kappa shape index (κ1) is 10.9. The molecule has 2 aromatic carbocycles. The van der Waals surface area contributed by atoms with Gasteiger partial charge >= 0.3 is 5.69 Å². The van der Waals surface area contributed by atoms with E-state index in [9.17, 15) is 9.90 Å². The van der Waals surface area contributed by atoms with Crippen molar-refractivity contribution in [2.24, 2.45) is 0 Å². The SMILES string of the molecule is O=c1[nH]c2cc(Cl)ccc2n1-c1cccc(O)c1. The molecule has 1 heterocycles. The van der Waals surface area contributed by atoms with Crippen LogP contribution >= 0.6 is 11.6 Å². The summed E-state index contributed by atoms with van der Waals surface area (Å²) in [5.41, 5.74) is 1.72. The number of aromatic hydroxyl groups is 1. The number of aromatic nitrogens is 2. The van der Waals surface area contributed by atoms with Crippen molar-refractivity contribution >= 4 is 22.6 Å². The van der Waals surface area contributed by atoms with E-state index in [2.05, 4.69) is 4.98 Å². The molecule has 0 saturated carbocycles. The second kappa shape index (κ2) is 3.92. The molecule has 1 aromatic heterocycles. The van der Waals surface area contributed by atoms with E-state index >= 15 is 0 Å². The Hall–Kier alpha value is -2.20. The van der Waals surface area contributed by atoms with Crippen LogP contribution in [-0.4, -0.2) is 14.7 Å². The van der Waals surface area contributed by atoms with E-state index in [1.54, 1.807) is 36.4 Å². The van der Waals surface area contributed by atoms with Crippen LogP contribution in [-0.2, 0) is 0 Å². The van der Waals surface area contributed by atoms with Gasteiger partial charge in [-0.25, -0.2) is 4.79 Å². The van der Waals surface area contributed by atoms with Crippen molar-refractivity contribution in [2.75, 3.05) is 0 Å². The number of fused-ring (bicyclic) bond motifs is 1. The minimum absolute atomic E-state index is 0.114. The van der Waals surface area contributed by atoms with Gasteiger partial charge in [-0.2, -0.15) is 0 Å². The summed E-state index contributed by atoms with van der Waals surface area (Å²) in [5.74, 6) is 0.114. The molecule has 5 heteroatoms. The standard InChI is InChI=1S/C13H9ClN2O2/c14-8-4-5-12-11(6-8)15-13(18)16(12)9-2-1-3-10(17)7-9/h1-7,17H,(H,15,18). The van der Waals surface area contributed by atoms with Crippen molar-refractivity contribution in [1.29, 1.82) is 0 Å². The van der Waals surface area contributed by atoms with Gasteiger partial charge in [0.1, 0.15) is 5.75 Å². The number of benzene rings is 2. The highest BCUT2D eigenvalue weighted by atomic mass is 35.5. The van der Waals surface area contributed by atoms with Crippen molar-refractivity contribution in [1.82, 2.24) is 9.55 Å². The van der Waals surface area contributed by atoms with Gasteiger partial charge in [0, 0.05) is 11.1 Å². The van der Waals surface area contributed by atoms with Crippen LogP contribution in [0.4, 0.5) is 0 Å². The molecule has 2 N–H and O–H groups in total. The highest BCUT2D eigenvalue weighted by molar-refractivity contribution is 6.31. The lowest BCUT2D eigenvalue weighted by molar-refractivity contribution is 0.475. The lowest BCUT2D eigenvalue weighted by atomic mass is 10.2. The summed E-state index contributed by atoms with van der Waals surface area (Å²) < 4.78 is 1.49. The van der Waals surface area contributed by atoms with Gasteiger partial charge in [0.15, 0.2) is 0 Å². The number of aromatic amines is 1. The van der Waals surface area contributed by atoms with E-state index in [0.29, 0.717) is 16.2 Å². The average Bonchev–Trinajstić information content (AvgIpc) is 2.64. The molecule has 90 valence electrons. The molecular formula is C13H9ClN2O2. The third kappa shape index (κ3) is 1.67. The molecule has 0 spiro atoms. The van der Waals surface area contributed by atoms with Crippen LogP contribution in [0.1, 0.15) is 0 Å². The highest BCUT2D eigenvalue weighted by Crippen LogP contribution is 2.21. The predicted molar refractivity (Wildman–Crippen MR) is 70.6 cm³/mol. The normalized spacial score (nSPS) is 10.9. The average molecular weight is 261 g/mol. The Kier molecular flexibility index (Phi) is 2.38. The topological polar surface area (TPSA) is 58.0 Å². The fraction of sp³-hybridized carbons (Fsp3) is 0. The van der Waals surface area contributed by atoms with Gasteiger partial charge in [-0.1, -0.05) is 17.7 Å². The third-order valence-corrected chi connectivity index (χ3v) is 2.97. The number of phenolic OH excluding ortho intramolecular Hbond substituents is 1. The van der Waals surface area contributed by atoms with E-state index in [4.69, 9.17) is 11.6 Å². The molecule has 3 rings (SSSR count). The van der Waals surface area contributed by atoms with Crippen LogP contribution in [0.15, 0.2) is 47.3 Å². The van der Waals surface area contributed by atoms with E-state index in [-0.39, 0.29) is 11.4 Å². The van der Waals surface area contributed by atoms with Crippen LogP contribution in [0.3, 0.4) is 0 Å². The zero-order chi connectivity index (χ0) is 12.7. The smallest absolute Gasteiger partial charge is 0.331 e. The van der Waals surface area contributed by atoms with Crippen LogP contribution in [0, 0.1) is 0 Å². The number of rotatable bonds is 1. The third-order valence-electron chi connectivity index (χ3n) is 2.73. The molecular weight excluding hydrogens is 252 g/mol. The Labute approximate surface area is 107 Å². The molecule has 0 bridgehead atoms. The van der Waals surface area contributed by atoms with Gasteiger partial charge in [-0.15, -0.1) is 0 Å². The van der Waals surface area contributed by atoms with Crippen LogP contribution in [0.5, 0.6) is 5.75 Å². The number of halogens is 1. The Bertz CT molecular complexity index is 789. The lowest BCUT2D eigenvalue weighted by Crippen LogP contribution is -2.14. The fourth-order valence-corrected chi connectivity index (χ4v) is 2.14. The number of H-pyrrole nitrogens is 1. The number of hydrogen-bond acceptors (Lipinski definition) is 2. The van der Waals surface area contributed by atoms with Crippen molar-refractivity contribution < 1.29 is 5.11 Å². The van der Waals surface area contributed by atoms with Crippen molar-refractivity contribution in [2.45, 2.75) is 0 Å². The summed E-state index contributed by atoms with van der Waals surface area (Å²) in [6.07, 6.45) is 0. The minimum atomic E-state index is -0.266. The summed E-state index contributed by atoms with van der Waals surface area (Å²) in [6, 6.07) is 11.7. The first-order valence-corrected chi connectivity index (χ1v) is 5.72. The number of nitrogens with zero attached hydrogens (tertiary/aromatic N) is 1. The molecule has 0 fully saturated rings. The Morgan fingerprint density at radius 2 is 2.00 bits per heavy atom. The van der Waals surface area contributed by atoms with Gasteiger partial charge in [-0.05, 0) is 30.3 Å². The second-order valence-corrected chi connectivity index (χ2v) is 4.38. The number of nitrogens with one attached hydrogen (secondary N) is 1. The zero-order valence-corrected chi connectivity index (χ0v) is 9.98. The van der Waals surface area contributed by atoms with Gasteiger partial charge < -0.3 is 10.1 Å². The molecule has 0 aliphatic heterocycles. The van der Waals surface area contributed by atoms with Crippen molar-refractivity contribution in [3.05, 3.63) is 58.0 Å². The molecule has 0 radical (unpaired) electrons. The maximum atomic E-state index is 11.9. The molecule has 4 nitrogen and oxygen atoms in total. The molecule has 18 heavy (non-hydrogen) atoms. The monoisotopic (exact) mass is 260 g/mol. The van der Waals surface area contributed by atoms with Gasteiger partial charge in [0.2, 0.25) is 0 Å². The van der Waals surface area contributed by atoms with Gasteiger partial charge in [0.25, 0.3) is 0 Å². The largest absolute Gasteiger partial charge is 0.508 e. The lowest BCUT2D eigenvalue weighted by Gasteiger charge is -2.03. The van der Waals surface area contributed by atoms with E-state index in [1.165, 1.54) is 10.6 Å². The summed E-state index contributed by atoms with van der Waals surface area (Å²) in [7, 11) is 0. The summed E-state index contributed by atoms with van der Waals surface area (Å²) in [6.45, 7) is 0. The molecule has 3 aromatic rings. The van der Waals surface area contributed by atoms with Crippen LogP contribution in [0.25, 0.3) is 16.7 Å². The summed E-state index contributed by atoms with van der Waals surface area (Å²) in [4.78, 5) is 14.7. The molecule has 0 aliphatic rings. The second-order valence-electron chi connectivity index (χ2n) is 3.95. The van der Waals surface area contributed by atoms with E-state index in [0.717, 1.165) is 5.52 Å². The van der Waals surface area contributed by atoms with Crippen LogP contribution < -0.4 is 5.69 Å².